The number of carbonyl (C=O) groups excluding carboxylic acids is 1. The summed E-state index contributed by atoms with van der Waals surface area (Å²) < 4.78 is 5.29. The first kappa shape index (κ1) is 15.5. The van der Waals surface area contributed by atoms with Crippen molar-refractivity contribution in [3.8, 4) is 5.75 Å². The average Bonchev–Trinajstić information content (AvgIpc) is 2.91. The maximum atomic E-state index is 13.5. The highest BCUT2D eigenvalue weighted by Crippen LogP contribution is 2.49. The van der Waals surface area contributed by atoms with E-state index in [4.69, 9.17) is 4.74 Å². The monoisotopic (exact) mass is 329 g/mol. The number of rotatable bonds is 3. The summed E-state index contributed by atoms with van der Waals surface area (Å²) in [5, 5.41) is 0. The Hall–Kier alpha value is -3.07. The predicted molar refractivity (Wildman–Crippen MR) is 99.2 cm³/mol. The van der Waals surface area contributed by atoms with Crippen molar-refractivity contribution in [2.24, 2.45) is 0 Å². The van der Waals surface area contributed by atoms with Crippen LogP contribution in [0.25, 0.3) is 0 Å². The van der Waals surface area contributed by atoms with Gasteiger partial charge in [-0.2, -0.15) is 0 Å². The molecule has 124 valence electrons. The van der Waals surface area contributed by atoms with Crippen LogP contribution in [0.4, 0.5) is 5.69 Å². The molecule has 3 aromatic carbocycles. The van der Waals surface area contributed by atoms with Crippen molar-refractivity contribution in [3.05, 3.63) is 95.6 Å². The molecule has 0 saturated heterocycles. The van der Waals surface area contributed by atoms with Crippen LogP contribution in [0.5, 0.6) is 5.75 Å². The number of ether oxygens (including phenoxy) is 1. The Kier molecular flexibility index (Phi) is 3.57. The molecule has 3 heteroatoms. The van der Waals surface area contributed by atoms with Gasteiger partial charge in [0.15, 0.2) is 0 Å². The second kappa shape index (κ2) is 5.78. The van der Waals surface area contributed by atoms with Crippen LogP contribution in [-0.2, 0) is 10.2 Å². The summed E-state index contributed by atoms with van der Waals surface area (Å²) in [5.74, 6) is 0.837. The number of hydrogen-bond acceptors (Lipinski definition) is 2. The molecule has 1 amide bonds. The number of anilines is 1. The van der Waals surface area contributed by atoms with Gasteiger partial charge in [-0.1, -0.05) is 60.7 Å². The maximum Gasteiger partial charge on any atom is 0.246 e. The minimum absolute atomic E-state index is 0.0602. The third-order valence-corrected chi connectivity index (χ3v) is 5.02. The van der Waals surface area contributed by atoms with Crippen molar-refractivity contribution >= 4 is 11.6 Å². The highest BCUT2D eigenvalue weighted by molar-refractivity contribution is 6.12. The van der Waals surface area contributed by atoms with Crippen LogP contribution >= 0.6 is 0 Å². The van der Waals surface area contributed by atoms with E-state index in [1.807, 2.05) is 85.9 Å². The van der Waals surface area contributed by atoms with Gasteiger partial charge in [-0.3, -0.25) is 4.79 Å². The van der Waals surface area contributed by atoms with E-state index < -0.39 is 5.41 Å². The molecule has 0 saturated carbocycles. The van der Waals surface area contributed by atoms with E-state index >= 15 is 0 Å². The maximum absolute atomic E-state index is 13.5. The Labute approximate surface area is 147 Å². The minimum atomic E-state index is -0.834. The van der Waals surface area contributed by atoms with E-state index in [1.54, 1.807) is 12.0 Å². The normalized spacial score (nSPS) is 19.0. The summed E-state index contributed by atoms with van der Waals surface area (Å²) in [6.45, 7) is 0. The second-order valence-corrected chi connectivity index (χ2v) is 6.23. The number of fused-ring (bicyclic) bond motifs is 1. The SMILES string of the molecule is COc1ccc([C@@]2(c3ccccc3)C(=O)N(C)c3ccccc32)cc1. The van der Waals surface area contributed by atoms with Crippen LogP contribution in [0.1, 0.15) is 16.7 Å². The van der Waals surface area contributed by atoms with E-state index in [0.29, 0.717) is 0 Å². The third-order valence-electron chi connectivity index (χ3n) is 5.02. The molecule has 3 nitrogen and oxygen atoms in total. The summed E-state index contributed by atoms with van der Waals surface area (Å²) in [6.07, 6.45) is 0. The summed E-state index contributed by atoms with van der Waals surface area (Å²) in [5.41, 5.74) is 3.05. The van der Waals surface area contributed by atoms with Gasteiger partial charge < -0.3 is 9.64 Å². The molecule has 0 fully saturated rings. The highest BCUT2D eigenvalue weighted by atomic mass is 16.5. The molecule has 0 N–H and O–H groups in total. The van der Waals surface area contributed by atoms with Crippen LogP contribution in [-0.4, -0.2) is 20.1 Å². The Morgan fingerprint density at radius 1 is 0.800 bits per heavy atom. The number of nitrogens with zero attached hydrogens (tertiary/aromatic N) is 1. The zero-order valence-corrected chi connectivity index (χ0v) is 14.3. The summed E-state index contributed by atoms with van der Waals surface area (Å²) in [7, 11) is 3.49. The topological polar surface area (TPSA) is 29.5 Å². The zero-order valence-electron chi connectivity index (χ0n) is 14.3. The molecule has 1 heterocycles. The number of likely N-dealkylation sites (N-methyl/N-ethyl adjacent to an activating group) is 1. The fraction of sp³-hybridized carbons (Fsp3) is 0.136. The van der Waals surface area contributed by atoms with E-state index in [9.17, 15) is 4.79 Å². The Bertz CT molecular complexity index is 918. The van der Waals surface area contributed by atoms with Crippen LogP contribution in [0.15, 0.2) is 78.9 Å². The first-order chi connectivity index (χ1) is 12.2. The molecule has 25 heavy (non-hydrogen) atoms. The molecule has 0 spiro atoms. The van der Waals surface area contributed by atoms with Gasteiger partial charge in [0.1, 0.15) is 11.2 Å². The molecule has 0 aliphatic carbocycles. The molecular weight excluding hydrogens is 310 g/mol. The van der Waals surface area contributed by atoms with E-state index in [2.05, 4.69) is 0 Å². The van der Waals surface area contributed by atoms with Gasteiger partial charge in [-0.25, -0.2) is 0 Å². The highest BCUT2D eigenvalue weighted by Gasteiger charge is 2.52. The molecule has 0 unspecified atom stereocenters. The number of carbonyl (C=O) groups is 1. The lowest BCUT2D eigenvalue weighted by atomic mass is 9.70. The van der Waals surface area contributed by atoms with Crippen molar-refractivity contribution in [1.29, 1.82) is 0 Å². The summed E-state index contributed by atoms with van der Waals surface area (Å²) in [6, 6.07) is 25.8. The smallest absolute Gasteiger partial charge is 0.246 e. The van der Waals surface area contributed by atoms with Crippen molar-refractivity contribution in [3.63, 3.8) is 0 Å². The lowest BCUT2D eigenvalue weighted by Gasteiger charge is -2.30. The number of para-hydroxylation sites is 1. The van der Waals surface area contributed by atoms with Gasteiger partial charge in [-0.15, -0.1) is 0 Å². The quantitative estimate of drug-likeness (QED) is 0.727. The lowest BCUT2D eigenvalue weighted by molar-refractivity contribution is -0.120. The number of methoxy groups -OCH3 is 1. The Morgan fingerprint density at radius 3 is 2.08 bits per heavy atom. The molecular formula is C22H19NO2. The van der Waals surface area contributed by atoms with Gasteiger partial charge in [0.2, 0.25) is 5.91 Å². The van der Waals surface area contributed by atoms with E-state index in [-0.39, 0.29) is 5.91 Å². The molecule has 0 bridgehead atoms. The van der Waals surface area contributed by atoms with E-state index in [1.165, 1.54) is 0 Å². The standard InChI is InChI=1S/C22H19NO2/c1-23-20-11-7-6-10-19(20)22(21(23)24,16-8-4-3-5-9-16)17-12-14-18(25-2)15-13-17/h3-15H,1-2H3/t22-/m1/s1. The predicted octanol–water partition coefficient (Wildman–Crippen LogP) is 4.01. The van der Waals surface area contributed by atoms with E-state index in [0.717, 1.165) is 28.1 Å². The number of amides is 1. The van der Waals surface area contributed by atoms with Crippen LogP contribution in [0.3, 0.4) is 0 Å². The fourth-order valence-electron chi connectivity index (χ4n) is 3.81. The van der Waals surface area contributed by atoms with Crippen LogP contribution in [0.2, 0.25) is 0 Å². The Balaban J connectivity index is 2.06. The largest absolute Gasteiger partial charge is 0.497 e. The summed E-state index contributed by atoms with van der Waals surface area (Å²) >= 11 is 0. The molecule has 0 aromatic heterocycles. The molecule has 3 aromatic rings. The van der Waals surface area contributed by atoms with Crippen molar-refractivity contribution in [1.82, 2.24) is 0 Å². The first-order valence-corrected chi connectivity index (χ1v) is 8.27. The van der Waals surface area contributed by atoms with Gasteiger partial charge >= 0.3 is 0 Å². The fourth-order valence-corrected chi connectivity index (χ4v) is 3.81. The minimum Gasteiger partial charge on any atom is -0.497 e. The molecule has 0 radical (unpaired) electrons. The van der Waals surface area contributed by atoms with Crippen molar-refractivity contribution in [2.75, 3.05) is 19.1 Å². The zero-order chi connectivity index (χ0) is 17.4. The second-order valence-electron chi connectivity index (χ2n) is 6.23. The molecule has 1 aliphatic rings. The Morgan fingerprint density at radius 2 is 1.40 bits per heavy atom. The molecule has 1 aliphatic heterocycles. The van der Waals surface area contributed by atoms with Gasteiger partial charge in [-0.05, 0) is 29.3 Å². The van der Waals surface area contributed by atoms with Crippen molar-refractivity contribution < 1.29 is 9.53 Å². The van der Waals surface area contributed by atoms with Gasteiger partial charge in [0.05, 0.1) is 7.11 Å². The third kappa shape index (κ3) is 2.09. The van der Waals surface area contributed by atoms with Gasteiger partial charge in [0.25, 0.3) is 0 Å². The number of hydrogen-bond donors (Lipinski definition) is 0. The summed E-state index contributed by atoms with van der Waals surface area (Å²) in [4.78, 5) is 15.3. The molecule has 4 rings (SSSR count). The average molecular weight is 329 g/mol. The lowest BCUT2D eigenvalue weighted by Crippen LogP contribution is -2.40. The van der Waals surface area contributed by atoms with Crippen molar-refractivity contribution in [2.45, 2.75) is 5.41 Å². The molecule has 1 atom stereocenters. The number of benzene rings is 3. The first-order valence-electron chi connectivity index (χ1n) is 8.27. The van der Waals surface area contributed by atoms with Crippen LogP contribution in [0, 0.1) is 0 Å². The van der Waals surface area contributed by atoms with Gasteiger partial charge in [0, 0.05) is 18.3 Å². The van der Waals surface area contributed by atoms with Crippen LogP contribution < -0.4 is 9.64 Å².